The summed E-state index contributed by atoms with van der Waals surface area (Å²) in [6.07, 6.45) is 28.8. The molecule has 1 aliphatic heterocycles. The molecule has 61 heavy (non-hydrogen) atoms. The normalized spacial score (nSPS) is 31.1. The van der Waals surface area contributed by atoms with Gasteiger partial charge in [-0.3, -0.25) is 0 Å². The lowest BCUT2D eigenvalue weighted by atomic mass is 9.71. The Morgan fingerprint density at radius 1 is 0.607 bits per heavy atom. The molecule has 9 heteroatoms. The lowest BCUT2D eigenvalue weighted by Crippen LogP contribution is -2.37. The number of halogens is 6. The maximum absolute atomic E-state index is 13.6. The SMILES string of the molecule is C=CC(CO)C1CCC(CCC)CC1.CCCC1CCC(C2CCC(C3CCC(c4cc(F)c(F)c(F)c4)CC3)OC2)CC1.O=CC1CCC(c2cc(F)c(F)c(F)c2)CC1. The van der Waals surface area contributed by atoms with Crippen molar-refractivity contribution >= 4 is 6.29 Å². The molecule has 3 unspecified atom stereocenters. The molecule has 1 N–H and O–H groups in total. The van der Waals surface area contributed by atoms with Crippen molar-refractivity contribution in [1.82, 2.24) is 0 Å². The molecule has 0 bridgehead atoms. The van der Waals surface area contributed by atoms with E-state index >= 15 is 0 Å². The third-order valence-corrected chi connectivity index (χ3v) is 15.5. The van der Waals surface area contributed by atoms with Crippen molar-refractivity contribution in [3.63, 3.8) is 0 Å². The molecular formula is C52H74F6O3. The molecule has 2 aromatic rings. The fourth-order valence-corrected chi connectivity index (χ4v) is 11.7. The van der Waals surface area contributed by atoms with Gasteiger partial charge in [-0.1, -0.05) is 71.3 Å². The molecule has 4 aliphatic carbocycles. The number of carbonyl (C=O) groups excluding carboxylic acids is 1. The van der Waals surface area contributed by atoms with Gasteiger partial charge in [-0.15, -0.1) is 6.58 Å². The highest BCUT2D eigenvalue weighted by Crippen LogP contribution is 2.44. The molecule has 5 aliphatic rings. The number of hydrogen-bond donors (Lipinski definition) is 1. The van der Waals surface area contributed by atoms with Gasteiger partial charge in [0.15, 0.2) is 34.9 Å². The lowest BCUT2D eigenvalue weighted by Gasteiger charge is -2.41. The third-order valence-electron chi connectivity index (χ3n) is 15.5. The molecule has 1 saturated heterocycles. The van der Waals surface area contributed by atoms with E-state index < -0.39 is 34.9 Å². The number of benzene rings is 2. The van der Waals surface area contributed by atoms with Crippen molar-refractivity contribution < 1.29 is 41.0 Å². The van der Waals surface area contributed by atoms with Crippen LogP contribution in [0.4, 0.5) is 26.3 Å². The van der Waals surface area contributed by atoms with Crippen molar-refractivity contribution in [2.75, 3.05) is 13.2 Å². The van der Waals surface area contributed by atoms with Crippen LogP contribution in [0.5, 0.6) is 0 Å². The van der Waals surface area contributed by atoms with E-state index in [0.29, 0.717) is 47.8 Å². The number of aliphatic hydroxyl groups excluding tert-OH is 1. The first-order valence-corrected chi connectivity index (χ1v) is 24.1. The first kappa shape index (κ1) is 49.4. The zero-order valence-corrected chi connectivity index (χ0v) is 37.0. The highest BCUT2D eigenvalue weighted by atomic mass is 19.2. The van der Waals surface area contributed by atoms with Crippen molar-refractivity contribution in [1.29, 1.82) is 0 Å². The van der Waals surface area contributed by atoms with Gasteiger partial charge in [0, 0.05) is 18.4 Å². The Labute approximate surface area is 362 Å². The zero-order chi connectivity index (χ0) is 43.9. The molecule has 0 spiro atoms. The summed E-state index contributed by atoms with van der Waals surface area (Å²) in [6, 6.07) is 4.48. The summed E-state index contributed by atoms with van der Waals surface area (Å²) in [5, 5.41) is 9.18. The monoisotopic (exact) mass is 861 g/mol. The lowest BCUT2D eigenvalue weighted by molar-refractivity contribution is -0.111. The summed E-state index contributed by atoms with van der Waals surface area (Å²) < 4.78 is 85.7. The fraction of sp³-hybridized carbons (Fsp3) is 0.712. The van der Waals surface area contributed by atoms with Crippen molar-refractivity contribution in [3.05, 3.63) is 83.0 Å². The minimum absolute atomic E-state index is 0.0239. The van der Waals surface area contributed by atoms with Crippen LogP contribution < -0.4 is 0 Å². The number of ether oxygens (including phenoxy) is 1. The molecule has 2 aromatic carbocycles. The second-order valence-corrected chi connectivity index (χ2v) is 19.4. The highest BCUT2D eigenvalue weighted by Gasteiger charge is 2.36. The molecule has 0 amide bonds. The summed E-state index contributed by atoms with van der Waals surface area (Å²) in [4.78, 5) is 10.6. The predicted molar refractivity (Wildman–Crippen MR) is 232 cm³/mol. The maximum Gasteiger partial charge on any atom is 0.194 e. The molecule has 3 nitrogen and oxygen atoms in total. The summed E-state index contributed by atoms with van der Waals surface area (Å²) in [5.41, 5.74) is 1.10. The van der Waals surface area contributed by atoms with Crippen LogP contribution >= 0.6 is 0 Å². The average Bonchev–Trinajstić information content (AvgIpc) is 3.29. The Morgan fingerprint density at radius 2 is 1.03 bits per heavy atom. The minimum Gasteiger partial charge on any atom is -0.396 e. The van der Waals surface area contributed by atoms with E-state index in [0.717, 1.165) is 93.6 Å². The van der Waals surface area contributed by atoms with Crippen molar-refractivity contribution in [2.24, 2.45) is 47.3 Å². The number of aldehydes is 1. The molecule has 3 atom stereocenters. The number of carbonyl (C=O) groups is 1. The Balaban J connectivity index is 0.000000192. The molecule has 0 aromatic heterocycles. The Bertz CT molecular complexity index is 1560. The van der Waals surface area contributed by atoms with Crippen molar-refractivity contribution in [3.8, 4) is 0 Å². The van der Waals surface area contributed by atoms with E-state index in [1.54, 1.807) is 0 Å². The topological polar surface area (TPSA) is 46.5 Å². The van der Waals surface area contributed by atoms with Gasteiger partial charge >= 0.3 is 0 Å². The summed E-state index contributed by atoms with van der Waals surface area (Å²) in [7, 11) is 0. The first-order valence-electron chi connectivity index (χ1n) is 24.1. The average molecular weight is 861 g/mol. The van der Waals surface area contributed by atoms with E-state index in [1.165, 1.54) is 95.6 Å². The van der Waals surface area contributed by atoms with Crippen LogP contribution in [-0.2, 0) is 9.53 Å². The minimum atomic E-state index is -1.42. The molecule has 0 radical (unpaired) electrons. The summed E-state index contributed by atoms with van der Waals surface area (Å²) in [5.74, 6) is -1.89. The van der Waals surface area contributed by atoms with Crippen LogP contribution in [0, 0.1) is 82.2 Å². The summed E-state index contributed by atoms with van der Waals surface area (Å²) >= 11 is 0. The largest absolute Gasteiger partial charge is 0.396 e. The molecule has 342 valence electrons. The van der Waals surface area contributed by atoms with Crippen LogP contribution in [-0.4, -0.2) is 30.7 Å². The second-order valence-electron chi connectivity index (χ2n) is 19.4. The maximum atomic E-state index is 13.6. The van der Waals surface area contributed by atoms with Crippen LogP contribution in [0.2, 0.25) is 0 Å². The predicted octanol–water partition coefficient (Wildman–Crippen LogP) is 14.7. The van der Waals surface area contributed by atoms with Gasteiger partial charge < -0.3 is 14.6 Å². The molecule has 4 saturated carbocycles. The van der Waals surface area contributed by atoms with E-state index in [2.05, 4.69) is 20.4 Å². The molecule has 1 heterocycles. The second kappa shape index (κ2) is 25.0. The highest BCUT2D eigenvalue weighted by molar-refractivity contribution is 5.53. The van der Waals surface area contributed by atoms with Gasteiger partial charge in [-0.05, 0) is 173 Å². The third kappa shape index (κ3) is 14.2. The quantitative estimate of drug-likeness (QED) is 0.100. The Hall–Kier alpha value is -2.65. The first-order chi connectivity index (χ1) is 29.5. The number of aliphatic hydroxyl groups is 1. The van der Waals surface area contributed by atoms with E-state index in [9.17, 15) is 36.2 Å². The fourth-order valence-electron chi connectivity index (χ4n) is 11.7. The van der Waals surface area contributed by atoms with Gasteiger partial charge in [0.1, 0.15) is 6.29 Å². The van der Waals surface area contributed by atoms with Crippen molar-refractivity contribution in [2.45, 2.75) is 173 Å². The molecule has 5 fully saturated rings. The van der Waals surface area contributed by atoms with Gasteiger partial charge in [0.25, 0.3) is 0 Å². The van der Waals surface area contributed by atoms with Gasteiger partial charge in [-0.2, -0.15) is 0 Å². The number of hydrogen-bond acceptors (Lipinski definition) is 3. The van der Waals surface area contributed by atoms with Crippen LogP contribution in [0.3, 0.4) is 0 Å². The van der Waals surface area contributed by atoms with Crippen LogP contribution in [0.15, 0.2) is 36.9 Å². The molecule has 7 rings (SSSR count). The standard InChI is InChI=1S/C26H37F3O.C13H13F3O.C13H24O/c1-2-3-17-4-6-18(7-5-17)21-12-13-25(30-16-21)20-10-8-19(9-11-20)22-14-23(27)26(29)24(28)15-22;14-11-5-10(6-12(15)13(11)16)9-3-1-8(7-17)2-4-9;1-3-5-11-6-8-13(9-7-11)12(4-2)10-14/h14-15,17-21,25H,2-13,16H2,1H3;5-9H,1-4H2;4,11-14H,2-3,5-10H2,1H3. The zero-order valence-electron chi connectivity index (χ0n) is 37.0. The van der Waals surface area contributed by atoms with Gasteiger partial charge in [0.05, 0.1) is 12.7 Å². The van der Waals surface area contributed by atoms with Crippen LogP contribution in [0.25, 0.3) is 0 Å². The van der Waals surface area contributed by atoms with E-state index in [1.807, 2.05) is 6.08 Å². The number of rotatable bonds is 12. The van der Waals surface area contributed by atoms with Crippen LogP contribution in [0.1, 0.15) is 178 Å². The Morgan fingerprint density at radius 3 is 1.43 bits per heavy atom. The summed E-state index contributed by atoms with van der Waals surface area (Å²) in [6.45, 7) is 9.57. The van der Waals surface area contributed by atoms with Gasteiger partial charge in [-0.25, -0.2) is 26.3 Å². The van der Waals surface area contributed by atoms with Gasteiger partial charge in [0.2, 0.25) is 0 Å². The smallest absolute Gasteiger partial charge is 0.194 e. The van der Waals surface area contributed by atoms with E-state index in [-0.39, 0.29) is 24.4 Å². The Kier molecular flexibility index (Phi) is 20.2. The molecular weight excluding hydrogens is 787 g/mol. The van der Waals surface area contributed by atoms with E-state index in [4.69, 9.17) is 4.74 Å².